The Labute approximate surface area is 184 Å². The topological polar surface area (TPSA) is 40.5 Å². The van der Waals surface area contributed by atoms with Crippen LogP contribution in [-0.2, 0) is 17.5 Å². The van der Waals surface area contributed by atoms with Crippen LogP contribution in [0.4, 0.5) is 13.2 Å². The van der Waals surface area contributed by atoms with Crippen molar-refractivity contribution in [1.29, 1.82) is 0 Å². The van der Waals surface area contributed by atoms with Gasteiger partial charge in [-0.2, -0.15) is 13.2 Å². The monoisotopic (exact) mass is 439 g/mol. The average molecular weight is 440 g/mol. The Morgan fingerprint density at radius 3 is 1.77 bits per heavy atom. The first-order valence-electron chi connectivity index (χ1n) is 10.7. The second-order valence-corrected chi connectivity index (χ2v) is 7.22. The fraction of sp³-hybridized carbons (Fsp3) is 0.480. The molecule has 0 aliphatic carbocycles. The highest BCUT2D eigenvalue weighted by Gasteiger charge is 2.29. The molecular formula is C25H36F3NO2. The maximum atomic E-state index is 11.8. The zero-order chi connectivity index (χ0) is 23.9. The summed E-state index contributed by atoms with van der Waals surface area (Å²) in [6.45, 7) is 13.2. The minimum atomic E-state index is -4.21. The highest BCUT2D eigenvalue weighted by Crippen LogP contribution is 2.28. The Kier molecular flexibility index (Phi) is 14.3. The summed E-state index contributed by atoms with van der Waals surface area (Å²) in [7, 11) is 0. The molecule has 0 bridgehead atoms. The molecule has 0 spiro atoms. The minimum absolute atomic E-state index is 0.602. The van der Waals surface area contributed by atoms with Gasteiger partial charge in [-0.3, -0.25) is 9.69 Å². The van der Waals surface area contributed by atoms with Crippen LogP contribution in [-0.4, -0.2) is 29.1 Å². The summed E-state index contributed by atoms with van der Waals surface area (Å²) in [6, 6.07) is 13.3. The quantitative estimate of drug-likeness (QED) is 0.542. The molecule has 1 fully saturated rings. The number of likely N-dealkylation sites (tertiary alicyclic amines) is 1. The predicted molar refractivity (Wildman–Crippen MR) is 121 cm³/mol. The van der Waals surface area contributed by atoms with Crippen molar-refractivity contribution in [1.82, 2.24) is 4.90 Å². The maximum absolute atomic E-state index is 11.8. The molecule has 3 rings (SSSR count). The first kappa shape index (κ1) is 28.7. The standard InChI is InChI=1S/C14H21N.C7H5F3.C2H4O2.C2H6/c1-12-8-13(2)10-14(9-12)11-15-6-4-3-5-7-15;8-7(9,10)6-4-2-1-3-5-6;1-2(3)4;1-2/h8-10H,3-7,11H2,1-2H3;1-5H;1H3,(H,3,4);1-2H3. The molecule has 1 aliphatic rings. The van der Waals surface area contributed by atoms with Gasteiger partial charge >= 0.3 is 6.18 Å². The Balaban J connectivity index is 0.000000487. The number of rotatable bonds is 2. The number of nitrogens with zero attached hydrogens (tertiary/aromatic N) is 1. The number of piperidine rings is 1. The molecule has 2 aromatic carbocycles. The van der Waals surface area contributed by atoms with Crippen molar-refractivity contribution in [3.8, 4) is 0 Å². The van der Waals surface area contributed by atoms with E-state index in [0.717, 1.165) is 25.6 Å². The molecule has 1 aliphatic heterocycles. The van der Waals surface area contributed by atoms with E-state index in [-0.39, 0.29) is 0 Å². The van der Waals surface area contributed by atoms with Crippen molar-refractivity contribution < 1.29 is 23.1 Å². The number of benzene rings is 2. The summed E-state index contributed by atoms with van der Waals surface area (Å²) in [5.74, 6) is -0.833. The molecule has 6 heteroatoms. The lowest BCUT2D eigenvalue weighted by Crippen LogP contribution is -2.29. The Morgan fingerprint density at radius 2 is 1.39 bits per heavy atom. The fourth-order valence-corrected chi connectivity index (χ4v) is 3.16. The van der Waals surface area contributed by atoms with Gasteiger partial charge in [-0.1, -0.05) is 79.9 Å². The van der Waals surface area contributed by atoms with Gasteiger partial charge in [0.2, 0.25) is 0 Å². The number of carboxylic acid groups (broad SMARTS) is 1. The van der Waals surface area contributed by atoms with Crippen molar-refractivity contribution in [2.75, 3.05) is 13.1 Å². The second kappa shape index (κ2) is 15.5. The van der Waals surface area contributed by atoms with E-state index in [1.807, 2.05) is 13.8 Å². The molecule has 0 aromatic heterocycles. The first-order valence-corrected chi connectivity index (χ1v) is 10.7. The van der Waals surface area contributed by atoms with Crippen LogP contribution in [0.5, 0.6) is 0 Å². The lowest BCUT2D eigenvalue weighted by molar-refractivity contribution is -0.137. The van der Waals surface area contributed by atoms with Gasteiger partial charge < -0.3 is 5.11 Å². The molecule has 2 aromatic rings. The number of aryl methyl sites for hydroxylation is 2. The summed E-state index contributed by atoms with van der Waals surface area (Å²) in [5.41, 5.74) is 3.66. The third-order valence-corrected chi connectivity index (χ3v) is 4.24. The van der Waals surface area contributed by atoms with E-state index >= 15 is 0 Å². The minimum Gasteiger partial charge on any atom is -0.481 e. The normalized spacial score (nSPS) is 13.4. The van der Waals surface area contributed by atoms with Gasteiger partial charge in [-0.25, -0.2) is 0 Å². The molecule has 3 nitrogen and oxygen atoms in total. The van der Waals surface area contributed by atoms with E-state index in [4.69, 9.17) is 9.90 Å². The molecule has 0 radical (unpaired) electrons. The number of alkyl halides is 3. The van der Waals surface area contributed by atoms with Crippen LogP contribution in [0.25, 0.3) is 0 Å². The van der Waals surface area contributed by atoms with Crippen molar-refractivity contribution in [3.63, 3.8) is 0 Å². The Hall–Kier alpha value is -2.34. The second-order valence-electron chi connectivity index (χ2n) is 7.22. The predicted octanol–water partition coefficient (Wildman–Crippen LogP) is 7.11. The van der Waals surface area contributed by atoms with Crippen LogP contribution in [0.15, 0.2) is 48.5 Å². The number of halogens is 3. The number of carboxylic acids is 1. The summed E-state index contributed by atoms with van der Waals surface area (Å²) in [6.07, 6.45) is -0.0276. The largest absolute Gasteiger partial charge is 0.481 e. The smallest absolute Gasteiger partial charge is 0.416 e. The lowest BCUT2D eigenvalue weighted by Gasteiger charge is -2.26. The molecule has 31 heavy (non-hydrogen) atoms. The van der Waals surface area contributed by atoms with Gasteiger partial charge in [0.05, 0.1) is 5.56 Å². The molecule has 1 heterocycles. The van der Waals surface area contributed by atoms with E-state index < -0.39 is 17.7 Å². The van der Waals surface area contributed by atoms with Crippen LogP contribution >= 0.6 is 0 Å². The zero-order valence-electron chi connectivity index (χ0n) is 19.3. The van der Waals surface area contributed by atoms with E-state index in [0.29, 0.717) is 0 Å². The van der Waals surface area contributed by atoms with E-state index in [1.165, 1.54) is 61.2 Å². The van der Waals surface area contributed by atoms with Gasteiger partial charge in [0.1, 0.15) is 0 Å². The van der Waals surface area contributed by atoms with Gasteiger partial charge in [0, 0.05) is 13.5 Å². The number of hydrogen-bond acceptors (Lipinski definition) is 2. The highest BCUT2D eigenvalue weighted by atomic mass is 19.4. The first-order chi connectivity index (χ1) is 14.6. The third-order valence-electron chi connectivity index (χ3n) is 4.24. The number of hydrogen-bond donors (Lipinski definition) is 1. The van der Waals surface area contributed by atoms with E-state index in [2.05, 4.69) is 36.9 Å². The van der Waals surface area contributed by atoms with Crippen LogP contribution in [0.2, 0.25) is 0 Å². The Morgan fingerprint density at radius 1 is 0.935 bits per heavy atom. The summed E-state index contributed by atoms with van der Waals surface area (Å²) in [4.78, 5) is 11.6. The van der Waals surface area contributed by atoms with Gasteiger partial charge in [0.25, 0.3) is 5.97 Å². The summed E-state index contributed by atoms with van der Waals surface area (Å²) < 4.78 is 35.4. The molecule has 0 unspecified atom stereocenters. The molecule has 0 saturated carbocycles. The third kappa shape index (κ3) is 14.3. The molecule has 1 N–H and O–H groups in total. The van der Waals surface area contributed by atoms with Crippen LogP contribution in [0.1, 0.15) is 62.3 Å². The molecule has 0 atom stereocenters. The van der Waals surface area contributed by atoms with Gasteiger partial charge in [-0.15, -0.1) is 0 Å². The lowest BCUT2D eigenvalue weighted by atomic mass is 10.1. The SMILES string of the molecule is CC.CC(=O)O.Cc1cc(C)cc(CN2CCCCC2)c1.FC(F)(F)c1ccccc1. The highest BCUT2D eigenvalue weighted by molar-refractivity contribution is 5.62. The van der Waals surface area contributed by atoms with Crippen molar-refractivity contribution in [2.45, 2.75) is 66.6 Å². The van der Waals surface area contributed by atoms with Crippen molar-refractivity contribution in [2.24, 2.45) is 0 Å². The van der Waals surface area contributed by atoms with Gasteiger partial charge in [-0.05, 0) is 45.3 Å². The van der Waals surface area contributed by atoms with Crippen LogP contribution < -0.4 is 0 Å². The average Bonchev–Trinajstić information content (AvgIpc) is 2.70. The van der Waals surface area contributed by atoms with Crippen molar-refractivity contribution in [3.05, 3.63) is 70.8 Å². The van der Waals surface area contributed by atoms with E-state index in [1.54, 1.807) is 6.07 Å². The fourth-order valence-electron chi connectivity index (χ4n) is 3.16. The summed E-state index contributed by atoms with van der Waals surface area (Å²) in [5, 5.41) is 7.42. The molecular weight excluding hydrogens is 403 g/mol. The van der Waals surface area contributed by atoms with Crippen LogP contribution in [0, 0.1) is 13.8 Å². The Bertz CT molecular complexity index is 716. The van der Waals surface area contributed by atoms with Crippen molar-refractivity contribution >= 4 is 5.97 Å². The number of aliphatic carboxylic acids is 1. The van der Waals surface area contributed by atoms with Gasteiger partial charge in [0.15, 0.2) is 0 Å². The van der Waals surface area contributed by atoms with Crippen LogP contribution in [0.3, 0.4) is 0 Å². The zero-order valence-corrected chi connectivity index (χ0v) is 19.3. The van der Waals surface area contributed by atoms with E-state index in [9.17, 15) is 13.2 Å². The number of carbonyl (C=O) groups is 1. The molecule has 1 saturated heterocycles. The summed E-state index contributed by atoms with van der Waals surface area (Å²) >= 11 is 0. The molecule has 174 valence electrons. The maximum Gasteiger partial charge on any atom is 0.416 e. The molecule has 0 amide bonds.